The highest BCUT2D eigenvalue weighted by Gasteiger charge is 2.38. The molecular formula is C19H17NO5. The molecule has 1 aliphatic rings. The molecule has 1 aliphatic heterocycles. The third kappa shape index (κ3) is 3.52. The summed E-state index contributed by atoms with van der Waals surface area (Å²) in [6.45, 7) is 2.27. The first-order chi connectivity index (χ1) is 12.1. The van der Waals surface area contributed by atoms with E-state index in [9.17, 15) is 14.4 Å². The predicted molar refractivity (Wildman–Crippen MR) is 88.9 cm³/mol. The Bertz CT molecular complexity index is 795. The van der Waals surface area contributed by atoms with E-state index in [1.165, 1.54) is 12.1 Å². The smallest absolute Gasteiger partial charge is 0.333 e. The average Bonchev–Trinajstić information content (AvgIpc) is 2.85. The SMILES string of the molecule is Cc1ccccc1OCCCC(=O)ON1C(=O)c2ccccc2C1=O. The van der Waals surface area contributed by atoms with Gasteiger partial charge in [0.05, 0.1) is 24.2 Å². The molecule has 1 heterocycles. The van der Waals surface area contributed by atoms with Crippen molar-refractivity contribution in [3.8, 4) is 5.75 Å². The van der Waals surface area contributed by atoms with Crippen LogP contribution in [0.25, 0.3) is 0 Å². The number of hydroxylamine groups is 2. The fourth-order valence-corrected chi connectivity index (χ4v) is 2.51. The Labute approximate surface area is 144 Å². The number of fused-ring (bicyclic) bond motifs is 1. The highest BCUT2D eigenvalue weighted by molar-refractivity contribution is 6.20. The van der Waals surface area contributed by atoms with Crippen molar-refractivity contribution in [2.45, 2.75) is 19.8 Å². The van der Waals surface area contributed by atoms with Gasteiger partial charge in [-0.15, -0.1) is 0 Å². The normalized spacial score (nSPS) is 12.9. The molecular weight excluding hydrogens is 322 g/mol. The average molecular weight is 339 g/mol. The maximum atomic E-state index is 12.1. The van der Waals surface area contributed by atoms with Crippen molar-refractivity contribution in [2.24, 2.45) is 0 Å². The number of nitrogens with zero attached hydrogens (tertiary/aromatic N) is 1. The Morgan fingerprint density at radius 3 is 2.20 bits per heavy atom. The van der Waals surface area contributed by atoms with Gasteiger partial charge >= 0.3 is 5.97 Å². The lowest BCUT2D eigenvalue weighted by Gasteiger charge is -2.13. The number of aryl methyl sites for hydroxylation is 1. The van der Waals surface area contributed by atoms with E-state index in [1.54, 1.807) is 12.1 Å². The number of imide groups is 1. The number of benzene rings is 2. The summed E-state index contributed by atoms with van der Waals surface area (Å²) in [5.74, 6) is -1.13. The van der Waals surface area contributed by atoms with Gasteiger partial charge in [0.25, 0.3) is 11.8 Å². The second-order valence-corrected chi connectivity index (χ2v) is 5.63. The number of carbonyl (C=O) groups is 3. The minimum atomic E-state index is -0.650. The highest BCUT2D eigenvalue weighted by Crippen LogP contribution is 2.23. The zero-order chi connectivity index (χ0) is 17.8. The van der Waals surface area contributed by atoms with Gasteiger partial charge in [0, 0.05) is 0 Å². The molecule has 6 heteroatoms. The molecule has 0 radical (unpaired) electrons. The van der Waals surface area contributed by atoms with Gasteiger partial charge in [0.2, 0.25) is 0 Å². The number of para-hydroxylation sites is 1. The number of ether oxygens (including phenoxy) is 1. The molecule has 0 aromatic heterocycles. The lowest BCUT2D eigenvalue weighted by molar-refractivity contribution is -0.168. The van der Waals surface area contributed by atoms with Crippen LogP contribution in [0, 0.1) is 6.92 Å². The fourth-order valence-electron chi connectivity index (χ4n) is 2.51. The van der Waals surface area contributed by atoms with Crippen molar-refractivity contribution in [1.82, 2.24) is 5.06 Å². The Kier molecular flexibility index (Phi) is 4.79. The van der Waals surface area contributed by atoms with Crippen LogP contribution in [0.15, 0.2) is 48.5 Å². The second-order valence-electron chi connectivity index (χ2n) is 5.63. The zero-order valence-corrected chi connectivity index (χ0v) is 13.7. The molecule has 2 aromatic carbocycles. The van der Waals surface area contributed by atoms with Gasteiger partial charge in [-0.1, -0.05) is 35.4 Å². The molecule has 3 rings (SSSR count). The molecule has 0 aliphatic carbocycles. The first kappa shape index (κ1) is 16.7. The van der Waals surface area contributed by atoms with E-state index >= 15 is 0 Å². The largest absolute Gasteiger partial charge is 0.493 e. The summed E-state index contributed by atoms with van der Waals surface area (Å²) in [5, 5.41) is 0.523. The van der Waals surface area contributed by atoms with Gasteiger partial charge in [-0.2, -0.15) is 0 Å². The minimum absolute atomic E-state index is 0.0410. The number of hydrogen-bond acceptors (Lipinski definition) is 5. The van der Waals surface area contributed by atoms with Crippen LogP contribution in [0.5, 0.6) is 5.75 Å². The number of carbonyl (C=O) groups excluding carboxylic acids is 3. The van der Waals surface area contributed by atoms with E-state index in [4.69, 9.17) is 9.57 Å². The molecule has 25 heavy (non-hydrogen) atoms. The van der Waals surface area contributed by atoms with Crippen molar-refractivity contribution in [3.63, 3.8) is 0 Å². The molecule has 0 N–H and O–H groups in total. The summed E-state index contributed by atoms with van der Waals surface area (Å²) in [4.78, 5) is 41.0. The van der Waals surface area contributed by atoms with Crippen molar-refractivity contribution < 1.29 is 24.0 Å². The summed E-state index contributed by atoms with van der Waals surface area (Å²) in [7, 11) is 0. The van der Waals surface area contributed by atoms with Crippen molar-refractivity contribution in [3.05, 3.63) is 65.2 Å². The summed E-state index contributed by atoms with van der Waals surface area (Å²) < 4.78 is 5.59. The first-order valence-corrected chi connectivity index (χ1v) is 7.95. The summed E-state index contributed by atoms with van der Waals surface area (Å²) >= 11 is 0. The van der Waals surface area contributed by atoms with Crippen molar-refractivity contribution >= 4 is 17.8 Å². The molecule has 2 aromatic rings. The van der Waals surface area contributed by atoms with E-state index in [-0.39, 0.29) is 17.5 Å². The standard InChI is InChI=1S/C19H17NO5/c1-13-7-2-5-10-16(13)24-12-6-11-17(21)25-20-18(22)14-8-3-4-9-15(14)19(20)23/h2-5,7-10H,6,11-12H2,1H3. The molecule has 0 spiro atoms. The van der Waals surface area contributed by atoms with Gasteiger partial charge < -0.3 is 9.57 Å². The highest BCUT2D eigenvalue weighted by atomic mass is 16.7. The topological polar surface area (TPSA) is 72.9 Å². The fraction of sp³-hybridized carbons (Fsp3) is 0.211. The maximum Gasteiger partial charge on any atom is 0.333 e. The van der Waals surface area contributed by atoms with Crippen molar-refractivity contribution in [2.75, 3.05) is 6.61 Å². The first-order valence-electron chi connectivity index (χ1n) is 7.95. The van der Waals surface area contributed by atoms with Crippen LogP contribution in [0.4, 0.5) is 0 Å². The molecule has 2 amide bonds. The summed E-state index contributed by atoms with van der Waals surface area (Å²) in [6, 6.07) is 13.9. The molecule has 0 unspecified atom stereocenters. The lowest BCUT2D eigenvalue weighted by Crippen LogP contribution is -2.32. The molecule has 0 atom stereocenters. The van der Waals surface area contributed by atoms with Crippen LogP contribution in [-0.4, -0.2) is 29.5 Å². The van der Waals surface area contributed by atoms with E-state index in [1.807, 2.05) is 31.2 Å². The Balaban J connectivity index is 1.48. The molecule has 0 saturated heterocycles. The van der Waals surface area contributed by atoms with Crippen LogP contribution in [-0.2, 0) is 9.63 Å². The van der Waals surface area contributed by atoms with Gasteiger partial charge in [-0.25, -0.2) is 4.79 Å². The minimum Gasteiger partial charge on any atom is -0.493 e. The van der Waals surface area contributed by atoms with E-state index in [0.29, 0.717) is 18.1 Å². The summed E-state index contributed by atoms with van der Waals surface area (Å²) in [6.07, 6.45) is 0.454. The Morgan fingerprint density at radius 1 is 0.960 bits per heavy atom. The Hall–Kier alpha value is -3.15. The summed E-state index contributed by atoms with van der Waals surface area (Å²) in [5.41, 5.74) is 1.49. The number of rotatable bonds is 6. The molecule has 6 nitrogen and oxygen atoms in total. The van der Waals surface area contributed by atoms with Gasteiger partial charge in [0.15, 0.2) is 0 Å². The molecule has 128 valence electrons. The molecule has 0 fully saturated rings. The van der Waals surface area contributed by atoms with Gasteiger partial charge in [-0.05, 0) is 37.1 Å². The van der Waals surface area contributed by atoms with Crippen LogP contribution in [0.3, 0.4) is 0 Å². The zero-order valence-electron chi connectivity index (χ0n) is 13.7. The van der Waals surface area contributed by atoms with E-state index < -0.39 is 17.8 Å². The van der Waals surface area contributed by atoms with Crippen LogP contribution in [0.1, 0.15) is 39.1 Å². The maximum absolute atomic E-state index is 12.1. The van der Waals surface area contributed by atoms with Gasteiger partial charge in [-0.3, -0.25) is 9.59 Å². The lowest BCUT2D eigenvalue weighted by atomic mass is 10.1. The monoisotopic (exact) mass is 339 g/mol. The quantitative estimate of drug-likeness (QED) is 0.598. The van der Waals surface area contributed by atoms with E-state index in [2.05, 4.69) is 0 Å². The molecule has 0 saturated carbocycles. The van der Waals surface area contributed by atoms with Crippen LogP contribution >= 0.6 is 0 Å². The third-order valence-electron chi connectivity index (χ3n) is 3.83. The van der Waals surface area contributed by atoms with Gasteiger partial charge in [0.1, 0.15) is 5.75 Å². The third-order valence-corrected chi connectivity index (χ3v) is 3.83. The van der Waals surface area contributed by atoms with Crippen LogP contribution < -0.4 is 4.74 Å². The van der Waals surface area contributed by atoms with Crippen LogP contribution in [0.2, 0.25) is 0 Å². The Morgan fingerprint density at radius 2 is 1.56 bits per heavy atom. The molecule has 0 bridgehead atoms. The second kappa shape index (κ2) is 7.17. The number of hydrogen-bond donors (Lipinski definition) is 0. The van der Waals surface area contributed by atoms with E-state index in [0.717, 1.165) is 11.3 Å². The van der Waals surface area contributed by atoms with Crippen molar-refractivity contribution in [1.29, 1.82) is 0 Å². The predicted octanol–water partition coefficient (Wildman–Crippen LogP) is 2.91. The number of amides is 2.